The van der Waals surface area contributed by atoms with Gasteiger partial charge in [-0.05, 0) is 29.8 Å². The van der Waals surface area contributed by atoms with Gasteiger partial charge in [-0.3, -0.25) is 4.79 Å². The molecule has 0 aliphatic heterocycles. The molecule has 1 saturated carbocycles. The fourth-order valence-corrected chi connectivity index (χ4v) is 5.49. The summed E-state index contributed by atoms with van der Waals surface area (Å²) in [6, 6.07) is 15.8. The van der Waals surface area contributed by atoms with Crippen LogP contribution in [0, 0.1) is 16.7 Å². The smallest absolute Gasteiger partial charge is 0.326 e. The fourth-order valence-electron chi connectivity index (χ4n) is 3.22. The van der Waals surface area contributed by atoms with Gasteiger partial charge in [0.2, 0.25) is 0 Å². The fraction of sp³-hybridized carbons (Fsp3) is 0.222. The molecule has 0 bridgehead atoms. The van der Waals surface area contributed by atoms with Gasteiger partial charge in [0.05, 0.1) is 18.1 Å². The molecule has 25 heavy (non-hydrogen) atoms. The van der Waals surface area contributed by atoms with Gasteiger partial charge in [-0.1, -0.05) is 30.3 Å². The maximum absolute atomic E-state index is 12.9. The SMILES string of the molecule is COc1ccc([C@H]2[C@H](S(=O)(=O)c3ccccc3)[C@@]2(C#N)C(=O)O)cc1. The van der Waals surface area contributed by atoms with Crippen LogP contribution in [0.4, 0.5) is 0 Å². The Bertz CT molecular complexity index is 947. The highest BCUT2D eigenvalue weighted by atomic mass is 32.2. The van der Waals surface area contributed by atoms with E-state index in [0.29, 0.717) is 11.3 Å². The van der Waals surface area contributed by atoms with E-state index in [-0.39, 0.29) is 4.90 Å². The Morgan fingerprint density at radius 2 is 1.76 bits per heavy atom. The van der Waals surface area contributed by atoms with Crippen molar-refractivity contribution in [1.29, 1.82) is 5.26 Å². The lowest BCUT2D eigenvalue weighted by Gasteiger charge is -2.04. The molecule has 1 fully saturated rings. The largest absolute Gasteiger partial charge is 0.497 e. The van der Waals surface area contributed by atoms with E-state index in [4.69, 9.17) is 4.74 Å². The van der Waals surface area contributed by atoms with E-state index in [1.165, 1.54) is 19.2 Å². The minimum absolute atomic E-state index is 0.0110. The first-order valence-electron chi connectivity index (χ1n) is 7.47. The molecule has 0 amide bonds. The quantitative estimate of drug-likeness (QED) is 0.880. The number of carboxylic acid groups (broad SMARTS) is 1. The monoisotopic (exact) mass is 357 g/mol. The molecular weight excluding hydrogens is 342 g/mol. The Labute approximate surface area is 145 Å². The van der Waals surface area contributed by atoms with Crippen LogP contribution >= 0.6 is 0 Å². The van der Waals surface area contributed by atoms with Gasteiger partial charge in [0.25, 0.3) is 0 Å². The zero-order chi connectivity index (χ0) is 18.2. The Kier molecular flexibility index (Phi) is 4.01. The number of hydrogen-bond acceptors (Lipinski definition) is 5. The summed E-state index contributed by atoms with van der Waals surface area (Å²) < 4.78 is 30.9. The molecule has 0 heterocycles. The number of carbonyl (C=O) groups is 1. The van der Waals surface area contributed by atoms with Crippen LogP contribution < -0.4 is 4.74 Å². The summed E-state index contributed by atoms with van der Waals surface area (Å²) in [7, 11) is -2.49. The van der Waals surface area contributed by atoms with Crippen molar-refractivity contribution in [3.05, 3.63) is 60.2 Å². The van der Waals surface area contributed by atoms with Crippen LogP contribution in [0.25, 0.3) is 0 Å². The topological polar surface area (TPSA) is 104 Å². The van der Waals surface area contributed by atoms with Crippen LogP contribution in [0.5, 0.6) is 5.75 Å². The van der Waals surface area contributed by atoms with Gasteiger partial charge in [-0.2, -0.15) is 5.26 Å². The van der Waals surface area contributed by atoms with Crippen molar-refractivity contribution in [3.63, 3.8) is 0 Å². The van der Waals surface area contributed by atoms with Crippen molar-refractivity contribution >= 4 is 15.8 Å². The molecule has 0 aromatic heterocycles. The average molecular weight is 357 g/mol. The Morgan fingerprint density at radius 1 is 1.16 bits per heavy atom. The van der Waals surface area contributed by atoms with E-state index in [9.17, 15) is 23.6 Å². The molecule has 0 radical (unpaired) electrons. The normalized spacial score (nSPS) is 25.0. The van der Waals surface area contributed by atoms with Gasteiger partial charge in [-0.15, -0.1) is 0 Å². The third-order valence-corrected chi connectivity index (χ3v) is 6.79. The van der Waals surface area contributed by atoms with E-state index in [1.807, 2.05) is 0 Å². The van der Waals surface area contributed by atoms with Crippen LogP contribution in [0.15, 0.2) is 59.5 Å². The molecule has 3 rings (SSSR count). The molecule has 2 aromatic carbocycles. The first kappa shape index (κ1) is 17.0. The van der Waals surface area contributed by atoms with Crippen LogP contribution in [-0.2, 0) is 14.6 Å². The van der Waals surface area contributed by atoms with Gasteiger partial charge in [0.1, 0.15) is 11.0 Å². The Balaban J connectivity index is 2.10. The number of rotatable bonds is 5. The average Bonchev–Trinajstić information content (AvgIpc) is 3.34. The lowest BCUT2D eigenvalue weighted by Crippen LogP contribution is -2.22. The highest BCUT2D eigenvalue weighted by Crippen LogP contribution is 2.64. The predicted octanol–water partition coefficient (Wildman–Crippen LogP) is 2.23. The van der Waals surface area contributed by atoms with Crippen molar-refractivity contribution in [3.8, 4) is 11.8 Å². The van der Waals surface area contributed by atoms with Gasteiger partial charge in [-0.25, -0.2) is 8.42 Å². The van der Waals surface area contributed by atoms with Crippen LogP contribution in [0.1, 0.15) is 11.5 Å². The van der Waals surface area contributed by atoms with Gasteiger partial charge in [0, 0.05) is 5.92 Å². The summed E-state index contributed by atoms with van der Waals surface area (Å²) >= 11 is 0. The minimum Gasteiger partial charge on any atom is -0.497 e. The third kappa shape index (κ3) is 2.46. The zero-order valence-corrected chi connectivity index (χ0v) is 14.1. The van der Waals surface area contributed by atoms with Crippen molar-refractivity contribution in [2.24, 2.45) is 5.41 Å². The molecule has 1 aliphatic carbocycles. The Hall–Kier alpha value is -2.85. The number of sulfone groups is 1. The van der Waals surface area contributed by atoms with Crippen molar-refractivity contribution in [2.45, 2.75) is 16.1 Å². The van der Waals surface area contributed by atoms with Crippen molar-refractivity contribution < 1.29 is 23.1 Å². The molecule has 128 valence electrons. The van der Waals surface area contributed by atoms with Crippen LogP contribution in [-0.4, -0.2) is 31.9 Å². The second-order valence-corrected chi connectivity index (χ2v) is 7.88. The van der Waals surface area contributed by atoms with Crippen LogP contribution in [0.3, 0.4) is 0 Å². The third-order valence-electron chi connectivity index (χ3n) is 4.55. The van der Waals surface area contributed by atoms with E-state index < -0.39 is 32.4 Å². The summed E-state index contributed by atoms with van der Waals surface area (Å²) in [5.41, 5.74) is -1.52. The lowest BCUT2D eigenvalue weighted by atomic mass is 10.0. The van der Waals surface area contributed by atoms with Gasteiger partial charge >= 0.3 is 5.97 Å². The molecule has 1 aliphatic rings. The maximum atomic E-state index is 12.9. The molecule has 7 heteroatoms. The van der Waals surface area contributed by atoms with Crippen molar-refractivity contribution in [1.82, 2.24) is 0 Å². The maximum Gasteiger partial charge on any atom is 0.326 e. The summed E-state index contributed by atoms with van der Waals surface area (Å²) in [5, 5.41) is 17.8. The van der Waals surface area contributed by atoms with E-state index in [0.717, 1.165) is 0 Å². The van der Waals surface area contributed by atoms with E-state index >= 15 is 0 Å². The highest BCUT2D eigenvalue weighted by Gasteiger charge is 2.77. The predicted molar refractivity (Wildman–Crippen MR) is 88.8 cm³/mol. The summed E-state index contributed by atoms with van der Waals surface area (Å²) in [5.74, 6) is -1.81. The summed E-state index contributed by atoms with van der Waals surface area (Å²) in [6.07, 6.45) is 0. The first-order valence-corrected chi connectivity index (χ1v) is 9.01. The molecule has 0 saturated heterocycles. The molecule has 1 N–H and O–H groups in total. The standard InChI is InChI=1S/C18H15NO5S/c1-24-13-9-7-12(8-10-13)15-16(18(15,11-19)17(20)21)25(22,23)14-5-3-2-4-6-14/h2-10,15-16H,1H3,(H,20,21)/t15-,16-,18-/m0/s1. The zero-order valence-electron chi connectivity index (χ0n) is 13.3. The minimum atomic E-state index is -3.98. The lowest BCUT2D eigenvalue weighted by molar-refractivity contribution is -0.141. The molecule has 2 aromatic rings. The highest BCUT2D eigenvalue weighted by molar-refractivity contribution is 7.92. The van der Waals surface area contributed by atoms with Gasteiger partial charge in [0.15, 0.2) is 15.3 Å². The second-order valence-electron chi connectivity index (χ2n) is 5.82. The van der Waals surface area contributed by atoms with Crippen molar-refractivity contribution in [2.75, 3.05) is 7.11 Å². The Morgan fingerprint density at radius 3 is 2.24 bits per heavy atom. The molecular formula is C18H15NO5S. The van der Waals surface area contributed by atoms with E-state index in [2.05, 4.69) is 0 Å². The number of carboxylic acids is 1. The first-order chi connectivity index (χ1) is 11.9. The molecule has 0 unspecified atom stereocenters. The number of aliphatic carboxylic acids is 1. The number of nitrogens with zero attached hydrogens (tertiary/aromatic N) is 1. The number of hydrogen-bond donors (Lipinski definition) is 1. The second kappa shape index (κ2) is 5.90. The summed E-state index contributed by atoms with van der Waals surface area (Å²) in [4.78, 5) is 11.8. The number of nitriles is 1. The summed E-state index contributed by atoms with van der Waals surface area (Å²) in [6.45, 7) is 0. The number of benzene rings is 2. The molecule has 0 spiro atoms. The van der Waals surface area contributed by atoms with Crippen LogP contribution in [0.2, 0.25) is 0 Å². The van der Waals surface area contributed by atoms with Gasteiger partial charge < -0.3 is 9.84 Å². The molecule has 6 nitrogen and oxygen atoms in total. The number of ether oxygens (including phenoxy) is 1. The molecule has 3 atom stereocenters. The number of methoxy groups -OCH3 is 1. The van der Waals surface area contributed by atoms with E-state index in [1.54, 1.807) is 48.5 Å².